The first-order chi connectivity index (χ1) is 13.3. The average Bonchev–Trinajstić information content (AvgIpc) is 2.72. The Bertz CT molecular complexity index is 1090. The number of carbonyl (C=O) groups excluding carboxylic acids is 1. The van der Waals surface area contributed by atoms with E-state index in [1.54, 1.807) is 11.8 Å². The van der Waals surface area contributed by atoms with Crippen LogP contribution in [0.2, 0.25) is 0 Å². The number of rotatable bonds is 2. The molecule has 5 rings (SSSR count). The van der Waals surface area contributed by atoms with Gasteiger partial charge in [-0.3, -0.25) is 9.78 Å². The largest absolute Gasteiger partial charge is 0.358 e. The van der Waals surface area contributed by atoms with Crippen molar-refractivity contribution in [2.24, 2.45) is 0 Å². The molecule has 0 spiro atoms. The standard InChI is InChI=1S/C23H20N2OS/c1-27-15-9-7-14(8-10-15)21-22-16-4-3-13-24-17(16)11-12-19(22)25-18-5-2-6-20(26)23(18)21/h3-4,7-13,21,25H,2,5-6H2,1H3/t21-/m1/s1. The number of anilines is 1. The summed E-state index contributed by atoms with van der Waals surface area (Å²) in [6, 6.07) is 16.9. The first kappa shape index (κ1) is 16.6. The Balaban J connectivity index is 1.79. The second-order valence-corrected chi connectivity index (χ2v) is 7.98. The molecule has 0 unspecified atom stereocenters. The number of hydrogen-bond donors (Lipinski definition) is 1. The molecule has 1 aromatic heterocycles. The molecule has 0 radical (unpaired) electrons. The molecular weight excluding hydrogens is 352 g/mol. The maximum absolute atomic E-state index is 13.0. The fourth-order valence-corrected chi connectivity index (χ4v) is 4.77. The van der Waals surface area contributed by atoms with Crippen molar-refractivity contribution in [3.05, 3.63) is 77.1 Å². The van der Waals surface area contributed by atoms with Gasteiger partial charge in [-0.25, -0.2) is 0 Å². The van der Waals surface area contributed by atoms with E-state index in [0.29, 0.717) is 6.42 Å². The molecule has 2 aromatic carbocycles. The quantitative estimate of drug-likeness (QED) is 0.601. The number of thioether (sulfide) groups is 1. The number of Topliss-reactive ketones (excluding diaryl/α,β-unsaturated/α-hetero) is 1. The number of allylic oxidation sites excluding steroid dienone is 2. The molecule has 0 saturated carbocycles. The van der Waals surface area contributed by atoms with Gasteiger partial charge in [0.15, 0.2) is 5.78 Å². The summed E-state index contributed by atoms with van der Waals surface area (Å²) in [6.45, 7) is 0. The van der Waals surface area contributed by atoms with Gasteiger partial charge in [-0.15, -0.1) is 11.8 Å². The lowest BCUT2D eigenvalue weighted by Crippen LogP contribution is -2.27. The zero-order valence-electron chi connectivity index (χ0n) is 15.2. The van der Waals surface area contributed by atoms with Crippen LogP contribution >= 0.6 is 11.8 Å². The maximum Gasteiger partial charge on any atom is 0.161 e. The Labute approximate surface area is 162 Å². The summed E-state index contributed by atoms with van der Waals surface area (Å²) >= 11 is 1.73. The highest BCUT2D eigenvalue weighted by molar-refractivity contribution is 7.98. The van der Waals surface area contributed by atoms with Crippen molar-refractivity contribution in [1.82, 2.24) is 4.98 Å². The van der Waals surface area contributed by atoms with E-state index in [0.717, 1.165) is 40.7 Å². The highest BCUT2D eigenvalue weighted by Gasteiger charge is 2.36. The van der Waals surface area contributed by atoms with E-state index in [9.17, 15) is 4.79 Å². The fourth-order valence-electron chi connectivity index (χ4n) is 4.36. The van der Waals surface area contributed by atoms with Gasteiger partial charge in [-0.05, 0) is 60.6 Å². The molecule has 1 aliphatic carbocycles. The summed E-state index contributed by atoms with van der Waals surface area (Å²) in [7, 11) is 0. The number of hydrogen-bond acceptors (Lipinski definition) is 4. The highest BCUT2D eigenvalue weighted by atomic mass is 32.2. The molecule has 4 heteroatoms. The van der Waals surface area contributed by atoms with Crippen LogP contribution in [0.25, 0.3) is 10.9 Å². The van der Waals surface area contributed by atoms with Gasteiger partial charge in [0.05, 0.1) is 5.52 Å². The summed E-state index contributed by atoms with van der Waals surface area (Å²) in [5, 5.41) is 4.69. The predicted octanol–water partition coefficient (Wildman–Crippen LogP) is 5.52. The number of ketones is 1. The molecule has 2 aliphatic rings. The number of aromatic nitrogens is 1. The number of carbonyl (C=O) groups is 1. The topological polar surface area (TPSA) is 42.0 Å². The summed E-state index contributed by atoms with van der Waals surface area (Å²) in [4.78, 5) is 18.7. The van der Waals surface area contributed by atoms with Crippen molar-refractivity contribution < 1.29 is 4.79 Å². The minimum Gasteiger partial charge on any atom is -0.358 e. The van der Waals surface area contributed by atoms with Crippen LogP contribution in [-0.2, 0) is 4.79 Å². The van der Waals surface area contributed by atoms with E-state index in [4.69, 9.17) is 0 Å². The third-order valence-corrected chi connectivity index (χ3v) is 6.34. The van der Waals surface area contributed by atoms with Crippen molar-refractivity contribution in [2.45, 2.75) is 30.1 Å². The second kappa shape index (κ2) is 6.54. The molecule has 1 atom stereocenters. The van der Waals surface area contributed by atoms with E-state index in [1.807, 2.05) is 12.3 Å². The third kappa shape index (κ3) is 2.67. The van der Waals surface area contributed by atoms with Crippen LogP contribution in [0.5, 0.6) is 0 Å². The van der Waals surface area contributed by atoms with Crippen LogP contribution in [0, 0.1) is 0 Å². The normalized spacial score (nSPS) is 18.9. The molecule has 0 amide bonds. The Morgan fingerprint density at radius 2 is 1.93 bits per heavy atom. The lowest BCUT2D eigenvalue weighted by molar-refractivity contribution is -0.116. The minimum absolute atomic E-state index is 0.0344. The Morgan fingerprint density at radius 3 is 2.74 bits per heavy atom. The van der Waals surface area contributed by atoms with E-state index in [1.165, 1.54) is 16.0 Å². The van der Waals surface area contributed by atoms with E-state index in [2.05, 4.69) is 59.0 Å². The van der Waals surface area contributed by atoms with Gasteiger partial charge in [0, 0.05) is 45.8 Å². The maximum atomic E-state index is 13.0. The number of nitrogens with zero attached hydrogens (tertiary/aromatic N) is 1. The molecule has 0 bridgehead atoms. The lowest BCUT2D eigenvalue weighted by atomic mass is 9.74. The fraction of sp³-hybridized carbons (Fsp3) is 0.217. The van der Waals surface area contributed by atoms with E-state index < -0.39 is 0 Å². The van der Waals surface area contributed by atoms with Gasteiger partial charge in [-0.1, -0.05) is 18.2 Å². The van der Waals surface area contributed by atoms with Gasteiger partial charge in [-0.2, -0.15) is 0 Å². The SMILES string of the molecule is CSc1ccc([C@H]2C3=C(CCCC3=O)Nc3ccc4ncccc4c32)cc1. The Hall–Kier alpha value is -2.59. The van der Waals surface area contributed by atoms with Gasteiger partial charge < -0.3 is 5.32 Å². The number of nitrogens with one attached hydrogen (secondary N) is 1. The smallest absolute Gasteiger partial charge is 0.161 e. The van der Waals surface area contributed by atoms with Gasteiger partial charge >= 0.3 is 0 Å². The second-order valence-electron chi connectivity index (χ2n) is 7.10. The molecule has 0 fully saturated rings. The Kier molecular flexibility index (Phi) is 4.01. The van der Waals surface area contributed by atoms with Crippen LogP contribution < -0.4 is 5.32 Å². The molecule has 1 aliphatic heterocycles. The third-order valence-electron chi connectivity index (χ3n) is 5.59. The monoisotopic (exact) mass is 372 g/mol. The molecule has 1 N–H and O–H groups in total. The van der Waals surface area contributed by atoms with Gasteiger partial charge in [0.2, 0.25) is 0 Å². The van der Waals surface area contributed by atoms with Crippen molar-refractivity contribution in [3.8, 4) is 0 Å². The molecule has 3 aromatic rings. The lowest BCUT2D eigenvalue weighted by Gasteiger charge is -2.34. The van der Waals surface area contributed by atoms with Crippen LogP contribution in [0.3, 0.4) is 0 Å². The highest BCUT2D eigenvalue weighted by Crippen LogP contribution is 2.47. The van der Waals surface area contributed by atoms with Crippen LogP contribution in [0.1, 0.15) is 36.3 Å². The summed E-state index contributed by atoms with van der Waals surface area (Å²) in [5.41, 5.74) is 6.46. The average molecular weight is 372 g/mol. The molecule has 3 nitrogen and oxygen atoms in total. The van der Waals surface area contributed by atoms with E-state index in [-0.39, 0.29) is 11.7 Å². The first-order valence-electron chi connectivity index (χ1n) is 9.31. The van der Waals surface area contributed by atoms with Gasteiger partial charge in [0.1, 0.15) is 0 Å². The van der Waals surface area contributed by atoms with Crippen LogP contribution in [0.4, 0.5) is 5.69 Å². The van der Waals surface area contributed by atoms with Crippen molar-refractivity contribution >= 4 is 34.1 Å². The zero-order chi connectivity index (χ0) is 18.4. The number of pyridine rings is 1. The zero-order valence-corrected chi connectivity index (χ0v) is 16.0. The van der Waals surface area contributed by atoms with Crippen LogP contribution in [-0.4, -0.2) is 17.0 Å². The van der Waals surface area contributed by atoms with Gasteiger partial charge in [0.25, 0.3) is 0 Å². The number of benzene rings is 2. The number of fused-ring (bicyclic) bond motifs is 3. The summed E-state index contributed by atoms with van der Waals surface area (Å²) in [6.07, 6.45) is 6.40. The van der Waals surface area contributed by atoms with E-state index >= 15 is 0 Å². The van der Waals surface area contributed by atoms with Crippen LogP contribution in [0.15, 0.2) is 70.9 Å². The predicted molar refractivity (Wildman–Crippen MR) is 111 cm³/mol. The molecular formula is C23H20N2OS. The molecule has 2 heterocycles. The van der Waals surface area contributed by atoms with Crippen molar-refractivity contribution in [3.63, 3.8) is 0 Å². The minimum atomic E-state index is -0.0344. The first-order valence-corrected chi connectivity index (χ1v) is 10.5. The van der Waals surface area contributed by atoms with Crippen molar-refractivity contribution in [1.29, 1.82) is 0 Å². The summed E-state index contributed by atoms with van der Waals surface area (Å²) < 4.78 is 0. The molecule has 134 valence electrons. The molecule has 0 saturated heterocycles. The van der Waals surface area contributed by atoms with Crippen molar-refractivity contribution in [2.75, 3.05) is 11.6 Å². The summed E-state index contributed by atoms with van der Waals surface area (Å²) in [5.74, 6) is 0.238. The Morgan fingerprint density at radius 1 is 1.07 bits per heavy atom. The molecule has 27 heavy (non-hydrogen) atoms.